The Morgan fingerprint density at radius 2 is 0.810 bits per heavy atom. The van der Waals surface area contributed by atoms with Gasteiger partial charge in [-0.3, -0.25) is 0 Å². The molecule has 2 heterocycles. The predicted octanol–water partition coefficient (Wildman–Crippen LogP) is 15.1. The second kappa shape index (κ2) is 14.1. The summed E-state index contributed by atoms with van der Waals surface area (Å²) in [5.41, 5.74) is 14.2. The Morgan fingerprint density at radius 1 is 0.259 bits per heavy atom. The summed E-state index contributed by atoms with van der Waals surface area (Å²) in [4.78, 5) is 10.5. The van der Waals surface area contributed by atoms with E-state index < -0.39 is 0 Å². The minimum absolute atomic E-state index is 0.960. The maximum Gasteiger partial charge on any atom is 0.0788 e. The highest BCUT2D eigenvalue weighted by molar-refractivity contribution is 6.23. The molecule has 58 heavy (non-hydrogen) atoms. The number of fused-ring (bicyclic) bond motifs is 6. The Kier molecular flexibility index (Phi) is 8.19. The number of nitrogens with zero attached hydrogens (tertiary/aromatic N) is 2. The summed E-state index contributed by atoms with van der Waals surface area (Å²) in [5, 5.41) is 8.49. The average molecular weight is 737 g/mol. The number of benzene rings is 9. The van der Waals surface area contributed by atoms with E-state index in [2.05, 4.69) is 206 Å². The molecule has 270 valence electrons. The lowest BCUT2D eigenvalue weighted by Gasteiger charge is -2.15. The van der Waals surface area contributed by atoms with Gasteiger partial charge in [0.15, 0.2) is 0 Å². The van der Waals surface area contributed by atoms with E-state index in [0.717, 1.165) is 72.3 Å². The summed E-state index contributed by atoms with van der Waals surface area (Å²) in [7, 11) is 0. The monoisotopic (exact) mass is 736 g/mol. The summed E-state index contributed by atoms with van der Waals surface area (Å²) in [6, 6.07) is 78.1. The highest BCUT2D eigenvalue weighted by Crippen LogP contribution is 2.40. The number of hydrogen-bond acceptors (Lipinski definition) is 2. The Labute approximate surface area is 337 Å². The summed E-state index contributed by atoms with van der Waals surface area (Å²) < 4.78 is 0. The van der Waals surface area contributed by atoms with Crippen molar-refractivity contribution in [3.8, 4) is 67.2 Å². The van der Waals surface area contributed by atoms with Gasteiger partial charge in [-0.15, -0.1) is 0 Å². The van der Waals surface area contributed by atoms with Crippen molar-refractivity contribution >= 4 is 43.2 Å². The number of pyridine rings is 2. The molecule has 0 aliphatic carbocycles. The Morgan fingerprint density at radius 3 is 1.53 bits per heavy atom. The van der Waals surface area contributed by atoms with Crippen LogP contribution < -0.4 is 0 Å². The second-order valence-corrected chi connectivity index (χ2v) is 14.9. The fourth-order valence-corrected chi connectivity index (χ4v) is 8.55. The van der Waals surface area contributed by atoms with E-state index in [-0.39, 0.29) is 0 Å². The second-order valence-electron chi connectivity index (χ2n) is 14.9. The SMILES string of the molecule is c1ccc(-c2cc(-c3ccc(-c4cccc(-c5nc6ccc(-c7cccc8ccccc78)cc6c6c5ccc5ccccc56)c4)cc3)cc(-c3ccccc3)n2)cc1. The van der Waals surface area contributed by atoms with E-state index in [4.69, 9.17) is 9.97 Å². The quantitative estimate of drug-likeness (QED) is 0.159. The standard InChI is InChI=1S/C56H36N2/c1-3-15-41(16-4-1)53-35-46(36-54(57-53)42-17-5-2-6-18-42)38-27-25-37(26-28-38)43-20-11-21-45(33-43)56-50-31-29-40-14-8-10-23-49(40)55(50)51-34-44(30-32-52(51)58-56)48-24-12-19-39-13-7-9-22-47(39)48/h1-36H. The van der Waals surface area contributed by atoms with Gasteiger partial charge >= 0.3 is 0 Å². The fourth-order valence-electron chi connectivity index (χ4n) is 8.55. The highest BCUT2D eigenvalue weighted by atomic mass is 14.7. The van der Waals surface area contributed by atoms with Crippen molar-refractivity contribution in [2.75, 3.05) is 0 Å². The molecule has 11 rings (SSSR count). The van der Waals surface area contributed by atoms with Crippen LogP contribution in [0, 0.1) is 0 Å². The van der Waals surface area contributed by atoms with E-state index in [0.29, 0.717) is 0 Å². The van der Waals surface area contributed by atoms with Crippen LogP contribution in [0.2, 0.25) is 0 Å². The third-order valence-corrected chi connectivity index (χ3v) is 11.4. The molecule has 0 unspecified atom stereocenters. The van der Waals surface area contributed by atoms with Gasteiger partial charge in [0, 0.05) is 32.8 Å². The van der Waals surface area contributed by atoms with E-state index in [1.54, 1.807) is 0 Å². The Bertz CT molecular complexity index is 3250. The smallest absolute Gasteiger partial charge is 0.0788 e. The van der Waals surface area contributed by atoms with Crippen LogP contribution >= 0.6 is 0 Å². The predicted molar refractivity (Wildman–Crippen MR) is 245 cm³/mol. The van der Waals surface area contributed by atoms with Crippen LogP contribution in [0.15, 0.2) is 218 Å². The van der Waals surface area contributed by atoms with Gasteiger partial charge in [0.1, 0.15) is 0 Å². The van der Waals surface area contributed by atoms with Crippen LogP contribution in [-0.4, -0.2) is 9.97 Å². The zero-order valence-corrected chi connectivity index (χ0v) is 31.7. The molecule has 0 saturated heterocycles. The highest BCUT2D eigenvalue weighted by Gasteiger charge is 2.16. The molecule has 9 aromatic carbocycles. The molecule has 0 N–H and O–H groups in total. The van der Waals surface area contributed by atoms with Crippen molar-refractivity contribution < 1.29 is 0 Å². The fraction of sp³-hybridized carbons (Fsp3) is 0. The molecule has 2 aromatic heterocycles. The van der Waals surface area contributed by atoms with E-state index in [9.17, 15) is 0 Å². The summed E-state index contributed by atoms with van der Waals surface area (Å²) in [5.74, 6) is 0. The molecular weight excluding hydrogens is 701 g/mol. The lowest BCUT2D eigenvalue weighted by Crippen LogP contribution is -1.92. The first kappa shape index (κ1) is 33.6. The first-order valence-corrected chi connectivity index (χ1v) is 19.8. The van der Waals surface area contributed by atoms with Crippen LogP contribution in [0.5, 0.6) is 0 Å². The van der Waals surface area contributed by atoms with Crippen LogP contribution in [0.25, 0.3) is 110 Å². The zero-order chi connectivity index (χ0) is 38.4. The van der Waals surface area contributed by atoms with Crippen molar-refractivity contribution in [3.05, 3.63) is 218 Å². The Hall–Kier alpha value is -7.68. The average Bonchev–Trinajstić information content (AvgIpc) is 3.31. The zero-order valence-electron chi connectivity index (χ0n) is 31.7. The molecule has 0 spiro atoms. The van der Waals surface area contributed by atoms with Gasteiger partial charge in [0.25, 0.3) is 0 Å². The number of hydrogen-bond donors (Lipinski definition) is 0. The van der Waals surface area contributed by atoms with Gasteiger partial charge in [0.05, 0.1) is 22.6 Å². The number of aromatic nitrogens is 2. The van der Waals surface area contributed by atoms with Crippen molar-refractivity contribution in [2.45, 2.75) is 0 Å². The summed E-state index contributed by atoms with van der Waals surface area (Å²) in [6.07, 6.45) is 0. The van der Waals surface area contributed by atoms with Crippen molar-refractivity contribution in [1.82, 2.24) is 9.97 Å². The first-order valence-electron chi connectivity index (χ1n) is 19.8. The van der Waals surface area contributed by atoms with E-state index in [1.807, 2.05) is 12.1 Å². The molecule has 2 nitrogen and oxygen atoms in total. The molecule has 2 heteroatoms. The molecule has 0 saturated carbocycles. The molecule has 0 radical (unpaired) electrons. The van der Waals surface area contributed by atoms with Gasteiger partial charge in [-0.2, -0.15) is 0 Å². The lowest BCUT2D eigenvalue weighted by atomic mass is 9.92. The molecular formula is C56H36N2. The molecule has 0 atom stereocenters. The van der Waals surface area contributed by atoms with Crippen LogP contribution in [0.1, 0.15) is 0 Å². The van der Waals surface area contributed by atoms with Gasteiger partial charge < -0.3 is 0 Å². The maximum absolute atomic E-state index is 5.43. The molecule has 0 aliphatic heterocycles. The third-order valence-electron chi connectivity index (χ3n) is 11.4. The van der Waals surface area contributed by atoms with Gasteiger partial charge in [0.2, 0.25) is 0 Å². The maximum atomic E-state index is 5.43. The van der Waals surface area contributed by atoms with Crippen molar-refractivity contribution in [1.29, 1.82) is 0 Å². The minimum atomic E-state index is 0.960. The number of rotatable bonds is 6. The van der Waals surface area contributed by atoms with Crippen LogP contribution in [0.3, 0.4) is 0 Å². The largest absolute Gasteiger partial charge is 0.248 e. The van der Waals surface area contributed by atoms with Crippen LogP contribution in [0.4, 0.5) is 0 Å². The van der Waals surface area contributed by atoms with Crippen molar-refractivity contribution in [3.63, 3.8) is 0 Å². The van der Waals surface area contributed by atoms with E-state index in [1.165, 1.54) is 38.1 Å². The first-order chi connectivity index (χ1) is 28.7. The summed E-state index contributed by atoms with van der Waals surface area (Å²) >= 11 is 0. The van der Waals surface area contributed by atoms with Gasteiger partial charge in [-0.1, -0.05) is 188 Å². The van der Waals surface area contributed by atoms with Crippen LogP contribution in [-0.2, 0) is 0 Å². The lowest BCUT2D eigenvalue weighted by molar-refractivity contribution is 1.32. The molecule has 11 aromatic rings. The summed E-state index contributed by atoms with van der Waals surface area (Å²) in [6.45, 7) is 0. The third kappa shape index (κ3) is 6.00. The minimum Gasteiger partial charge on any atom is -0.248 e. The van der Waals surface area contributed by atoms with Crippen molar-refractivity contribution in [2.24, 2.45) is 0 Å². The van der Waals surface area contributed by atoms with E-state index >= 15 is 0 Å². The topological polar surface area (TPSA) is 25.8 Å². The van der Waals surface area contributed by atoms with Gasteiger partial charge in [-0.25, -0.2) is 9.97 Å². The molecule has 0 fully saturated rings. The van der Waals surface area contributed by atoms with Gasteiger partial charge in [-0.05, 0) is 85.3 Å². The Balaban J connectivity index is 1.01. The normalized spacial score (nSPS) is 11.4. The molecule has 0 aliphatic rings. The molecule has 0 amide bonds. The molecule has 0 bridgehead atoms.